The summed E-state index contributed by atoms with van der Waals surface area (Å²) in [5.41, 5.74) is 2.25. The maximum atomic E-state index is 12.6. The molecular weight excluding hydrogens is 292 g/mol. The first kappa shape index (κ1) is 13.7. The largest absolute Gasteiger partial charge is 0.486 e. The molecule has 0 unspecified atom stereocenters. The average molecular weight is 308 g/mol. The maximum absolute atomic E-state index is 12.6. The molecular formula is C18H16N2O3. The van der Waals surface area contributed by atoms with Crippen LogP contribution in [-0.2, 0) is 7.05 Å². The summed E-state index contributed by atoms with van der Waals surface area (Å²) in [6.07, 6.45) is 1.95. The lowest BCUT2D eigenvalue weighted by atomic mass is 10.1. The van der Waals surface area contributed by atoms with E-state index in [4.69, 9.17) is 9.47 Å². The summed E-state index contributed by atoms with van der Waals surface area (Å²) in [5, 5.41) is 3.97. The highest BCUT2D eigenvalue weighted by atomic mass is 16.6. The summed E-state index contributed by atoms with van der Waals surface area (Å²) < 4.78 is 13.0. The minimum absolute atomic E-state index is 0.144. The van der Waals surface area contributed by atoms with Gasteiger partial charge < -0.3 is 19.4 Å². The second kappa shape index (κ2) is 5.35. The Morgan fingerprint density at radius 2 is 1.91 bits per heavy atom. The Hall–Kier alpha value is -2.95. The average Bonchev–Trinajstić information content (AvgIpc) is 2.96. The number of carbonyl (C=O) groups excluding carboxylic acids is 1. The standard InChI is InChI=1S/C18H16N2O3/c1-20-8-7-12-3-2-4-14(17(12)20)18(21)19-13-5-6-15-16(11-13)23-10-9-22-15/h2-8,11H,9-10H2,1H3,(H,19,21). The quantitative estimate of drug-likeness (QED) is 0.791. The summed E-state index contributed by atoms with van der Waals surface area (Å²) in [4.78, 5) is 12.6. The third-order valence-electron chi connectivity index (χ3n) is 3.94. The van der Waals surface area contributed by atoms with Gasteiger partial charge >= 0.3 is 0 Å². The van der Waals surface area contributed by atoms with Crippen molar-refractivity contribution in [1.29, 1.82) is 0 Å². The topological polar surface area (TPSA) is 52.5 Å². The number of hydrogen-bond acceptors (Lipinski definition) is 3. The number of benzene rings is 2. The Kier molecular flexibility index (Phi) is 3.19. The molecule has 2 aromatic carbocycles. The Balaban J connectivity index is 1.66. The molecule has 23 heavy (non-hydrogen) atoms. The van der Waals surface area contributed by atoms with Crippen molar-refractivity contribution in [3.8, 4) is 11.5 Å². The van der Waals surface area contributed by atoms with Gasteiger partial charge in [0.1, 0.15) is 13.2 Å². The fourth-order valence-electron chi connectivity index (χ4n) is 2.86. The smallest absolute Gasteiger partial charge is 0.257 e. The highest BCUT2D eigenvalue weighted by Gasteiger charge is 2.15. The number of amides is 1. The van der Waals surface area contributed by atoms with Crippen molar-refractivity contribution < 1.29 is 14.3 Å². The van der Waals surface area contributed by atoms with Crippen LogP contribution in [0.1, 0.15) is 10.4 Å². The van der Waals surface area contributed by atoms with Crippen LogP contribution < -0.4 is 14.8 Å². The van der Waals surface area contributed by atoms with E-state index < -0.39 is 0 Å². The number of anilines is 1. The van der Waals surface area contributed by atoms with E-state index in [2.05, 4.69) is 5.32 Å². The summed E-state index contributed by atoms with van der Waals surface area (Å²) in [5.74, 6) is 1.22. The molecule has 5 nitrogen and oxygen atoms in total. The van der Waals surface area contributed by atoms with Crippen LogP contribution in [0.3, 0.4) is 0 Å². The predicted octanol–water partition coefficient (Wildman–Crippen LogP) is 3.20. The number of fused-ring (bicyclic) bond motifs is 2. The van der Waals surface area contributed by atoms with E-state index in [0.717, 1.165) is 10.9 Å². The van der Waals surface area contributed by atoms with Gasteiger partial charge in [-0.05, 0) is 24.3 Å². The normalized spacial score (nSPS) is 13.1. The molecule has 4 rings (SSSR count). The summed E-state index contributed by atoms with van der Waals surface area (Å²) in [6, 6.07) is 13.1. The Morgan fingerprint density at radius 1 is 1.09 bits per heavy atom. The lowest BCUT2D eigenvalue weighted by Gasteiger charge is -2.19. The van der Waals surface area contributed by atoms with Crippen molar-refractivity contribution in [1.82, 2.24) is 4.57 Å². The molecule has 1 aliphatic rings. The highest BCUT2D eigenvalue weighted by Crippen LogP contribution is 2.33. The summed E-state index contributed by atoms with van der Waals surface area (Å²) in [6.45, 7) is 1.07. The van der Waals surface area contributed by atoms with Crippen LogP contribution in [0.15, 0.2) is 48.7 Å². The summed E-state index contributed by atoms with van der Waals surface area (Å²) >= 11 is 0. The molecule has 1 aliphatic heterocycles. The van der Waals surface area contributed by atoms with E-state index >= 15 is 0 Å². The highest BCUT2D eigenvalue weighted by molar-refractivity contribution is 6.12. The number of nitrogens with zero attached hydrogens (tertiary/aromatic N) is 1. The Morgan fingerprint density at radius 3 is 2.78 bits per heavy atom. The van der Waals surface area contributed by atoms with E-state index in [0.29, 0.717) is 36.0 Å². The molecule has 2 heterocycles. The van der Waals surface area contributed by atoms with E-state index in [1.165, 1.54) is 0 Å². The van der Waals surface area contributed by atoms with Crippen molar-refractivity contribution in [2.75, 3.05) is 18.5 Å². The minimum Gasteiger partial charge on any atom is -0.486 e. The van der Waals surface area contributed by atoms with Crippen LogP contribution >= 0.6 is 0 Å². The van der Waals surface area contributed by atoms with Gasteiger partial charge in [-0.15, -0.1) is 0 Å². The van der Waals surface area contributed by atoms with Gasteiger partial charge in [-0.3, -0.25) is 4.79 Å². The van der Waals surface area contributed by atoms with Crippen molar-refractivity contribution in [2.45, 2.75) is 0 Å². The van der Waals surface area contributed by atoms with E-state index in [1.807, 2.05) is 54.2 Å². The molecule has 0 aliphatic carbocycles. The molecule has 0 atom stereocenters. The van der Waals surface area contributed by atoms with Gasteiger partial charge in [-0.25, -0.2) is 0 Å². The van der Waals surface area contributed by atoms with Gasteiger partial charge in [0.25, 0.3) is 5.91 Å². The molecule has 0 spiro atoms. The van der Waals surface area contributed by atoms with E-state index in [1.54, 1.807) is 6.07 Å². The molecule has 3 aromatic rings. The molecule has 116 valence electrons. The first-order valence-corrected chi connectivity index (χ1v) is 7.47. The number of hydrogen-bond donors (Lipinski definition) is 1. The molecule has 1 amide bonds. The fourth-order valence-corrected chi connectivity index (χ4v) is 2.86. The number of nitrogens with one attached hydrogen (secondary N) is 1. The lowest BCUT2D eigenvalue weighted by Crippen LogP contribution is -2.16. The van der Waals surface area contributed by atoms with Crippen LogP contribution in [0.2, 0.25) is 0 Å². The molecule has 0 bridgehead atoms. The first-order chi connectivity index (χ1) is 11.2. The van der Waals surface area contributed by atoms with Crippen molar-refractivity contribution in [2.24, 2.45) is 7.05 Å². The number of aromatic nitrogens is 1. The fraction of sp³-hybridized carbons (Fsp3) is 0.167. The number of rotatable bonds is 2. The van der Waals surface area contributed by atoms with Gasteiger partial charge in [-0.1, -0.05) is 12.1 Å². The van der Waals surface area contributed by atoms with Crippen molar-refractivity contribution in [3.63, 3.8) is 0 Å². The molecule has 0 radical (unpaired) electrons. The Bertz CT molecular complexity index is 898. The second-order valence-corrected chi connectivity index (χ2v) is 5.48. The van der Waals surface area contributed by atoms with Crippen LogP contribution in [0.5, 0.6) is 11.5 Å². The van der Waals surface area contributed by atoms with Crippen molar-refractivity contribution >= 4 is 22.5 Å². The molecule has 1 N–H and O–H groups in total. The zero-order valence-electron chi connectivity index (χ0n) is 12.7. The first-order valence-electron chi connectivity index (χ1n) is 7.47. The van der Waals surface area contributed by atoms with Crippen LogP contribution in [0.25, 0.3) is 10.9 Å². The van der Waals surface area contributed by atoms with Gasteiger partial charge in [0.15, 0.2) is 11.5 Å². The molecule has 1 aromatic heterocycles. The zero-order chi connectivity index (χ0) is 15.8. The number of carbonyl (C=O) groups is 1. The summed E-state index contributed by atoms with van der Waals surface area (Å²) in [7, 11) is 1.93. The monoisotopic (exact) mass is 308 g/mol. The zero-order valence-corrected chi connectivity index (χ0v) is 12.7. The molecule has 0 saturated carbocycles. The van der Waals surface area contributed by atoms with Gasteiger partial charge in [0, 0.05) is 30.4 Å². The predicted molar refractivity (Wildman–Crippen MR) is 88.3 cm³/mol. The van der Waals surface area contributed by atoms with E-state index in [9.17, 15) is 4.79 Å². The van der Waals surface area contributed by atoms with Crippen LogP contribution in [0.4, 0.5) is 5.69 Å². The minimum atomic E-state index is -0.144. The Labute approximate surface area is 133 Å². The second-order valence-electron chi connectivity index (χ2n) is 5.48. The van der Waals surface area contributed by atoms with Crippen molar-refractivity contribution in [3.05, 3.63) is 54.2 Å². The third-order valence-corrected chi connectivity index (χ3v) is 3.94. The molecule has 5 heteroatoms. The molecule has 0 fully saturated rings. The molecule has 0 saturated heterocycles. The van der Waals surface area contributed by atoms with E-state index in [-0.39, 0.29) is 5.91 Å². The van der Waals surface area contributed by atoms with Gasteiger partial charge in [0.2, 0.25) is 0 Å². The van der Waals surface area contributed by atoms with Gasteiger partial charge in [0.05, 0.1) is 11.1 Å². The number of ether oxygens (including phenoxy) is 2. The van der Waals surface area contributed by atoms with Crippen LogP contribution in [-0.4, -0.2) is 23.7 Å². The number of para-hydroxylation sites is 1. The maximum Gasteiger partial charge on any atom is 0.257 e. The van der Waals surface area contributed by atoms with Gasteiger partial charge in [-0.2, -0.15) is 0 Å². The SMILES string of the molecule is Cn1ccc2cccc(C(=O)Nc3ccc4c(c3)OCCO4)c21. The third kappa shape index (κ3) is 2.40. The number of aryl methyl sites for hydroxylation is 1. The lowest BCUT2D eigenvalue weighted by molar-refractivity contribution is 0.102. The van der Waals surface area contributed by atoms with Crippen LogP contribution in [0, 0.1) is 0 Å².